The van der Waals surface area contributed by atoms with Gasteiger partial charge in [0.05, 0.1) is 25.0 Å². The van der Waals surface area contributed by atoms with Gasteiger partial charge in [0.25, 0.3) is 11.7 Å². The first kappa shape index (κ1) is 13.5. The van der Waals surface area contributed by atoms with Gasteiger partial charge >= 0.3 is 0 Å². The number of hydrogen-bond acceptors (Lipinski definition) is 3. The average Bonchev–Trinajstić information content (AvgIpc) is 2.74. The van der Waals surface area contributed by atoms with Crippen LogP contribution in [0.15, 0.2) is 47.4 Å². The molecule has 4 nitrogen and oxygen atoms in total. The number of benzene rings is 1. The molecule has 108 valence electrons. The zero-order chi connectivity index (χ0) is 15.0. The zero-order valence-electron chi connectivity index (χ0n) is 11.6. The lowest BCUT2D eigenvalue weighted by Gasteiger charge is -2.22. The summed E-state index contributed by atoms with van der Waals surface area (Å²) in [5.74, 6) is -0.648. The van der Waals surface area contributed by atoms with Gasteiger partial charge in [0, 0.05) is 12.1 Å². The third kappa shape index (κ3) is 2.35. The molecule has 1 aliphatic carbocycles. The lowest BCUT2D eigenvalue weighted by Crippen LogP contribution is -2.28. The molecule has 0 unspecified atom stereocenters. The highest BCUT2D eigenvalue weighted by Gasteiger charge is 2.38. The summed E-state index contributed by atoms with van der Waals surface area (Å²) in [6, 6.07) is 5.92. The van der Waals surface area contributed by atoms with E-state index in [9.17, 15) is 14.0 Å². The fourth-order valence-corrected chi connectivity index (χ4v) is 2.63. The molecule has 21 heavy (non-hydrogen) atoms. The number of allylic oxidation sites excluding steroid dienone is 3. The van der Waals surface area contributed by atoms with Crippen molar-refractivity contribution in [2.75, 3.05) is 7.11 Å². The van der Waals surface area contributed by atoms with Crippen LogP contribution in [0.5, 0.6) is 0 Å². The second kappa shape index (κ2) is 5.16. The van der Waals surface area contributed by atoms with Crippen LogP contribution in [0, 0.1) is 5.82 Å². The van der Waals surface area contributed by atoms with E-state index in [1.165, 1.54) is 17.0 Å². The Bertz CT molecular complexity index is 673. The van der Waals surface area contributed by atoms with Crippen molar-refractivity contribution in [3.05, 3.63) is 58.8 Å². The minimum Gasteiger partial charge on any atom is -0.501 e. The third-order valence-electron chi connectivity index (χ3n) is 3.75. The van der Waals surface area contributed by atoms with E-state index in [2.05, 4.69) is 0 Å². The number of amides is 1. The van der Waals surface area contributed by atoms with Crippen LogP contribution in [0.4, 0.5) is 4.39 Å². The number of methoxy groups -OCH3 is 1. The van der Waals surface area contributed by atoms with Crippen LogP contribution < -0.4 is 0 Å². The number of carbonyl (C=O) groups excluding carboxylic acids is 2. The first-order chi connectivity index (χ1) is 10.1. The molecular formula is C16H14FNO3. The maximum absolute atomic E-state index is 12.9. The molecule has 0 N–H and O–H groups in total. The van der Waals surface area contributed by atoms with Gasteiger partial charge in [-0.15, -0.1) is 0 Å². The number of rotatable bonds is 3. The van der Waals surface area contributed by atoms with Crippen LogP contribution in [-0.2, 0) is 20.9 Å². The molecule has 0 bridgehead atoms. The lowest BCUT2D eigenvalue weighted by atomic mass is 10.0. The van der Waals surface area contributed by atoms with E-state index in [-0.39, 0.29) is 12.4 Å². The SMILES string of the molecule is COC1=CC2=C(CC1)N(Cc1ccc(F)cc1)C(=O)C2=O. The van der Waals surface area contributed by atoms with Crippen molar-refractivity contribution in [3.8, 4) is 0 Å². The molecule has 0 radical (unpaired) electrons. The summed E-state index contributed by atoms with van der Waals surface area (Å²) < 4.78 is 18.1. The summed E-state index contributed by atoms with van der Waals surface area (Å²) >= 11 is 0. The molecule has 0 fully saturated rings. The second-order valence-corrected chi connectivity index (χ2v) is 5.02. The molecule has 0 saturated heterocycles. The Labute approximate surface area is 121 Å². The van der Waals surface area contributed by atoms with E-state index in [1.807, 2.05) is 0 Å². The molecule has 2 aliphatic rings. The highest BCUT2D eigenvalue weighted by molar-refractivity contribution is 6.46. The van der Waals surface area contributed by atoms with Gasteiger partial charge in [-0.05, 0) is 30.2 Å². The fraction of sp³-hybridized carbons (Fsp3) is 0.250. The number of nitrogens with zero attached hydrogens (tertiary/aromatic N) is 1. The number of halogens is 1. The van der Waals surface area contributed by atoms with Gasteiger partial charge < -0.3 is 9.64 Å². The Morgan fingerprint density at radius 1 is 1.19 bits per heavy atom. The van der Waals surface area contributed by atoms with Crippen molar-refractivity contribution >= 4 is 11.7 Å². The van der Waals surface area contributed by atoms with E-state index in [0.29, 0.717) is 24.2 Å². The molecule has 1 amide bonds. The molecule has 0 spiro atoms. The topological polar surface area (TPSA) is 46.6 Å². The summed E-state index contributed by atoms with van der Waals surface area (Å²) in [7, 11) is 1.55. The van der Waals surface area contributed by atoms with Gasteiger partial charge in [0.1, 0.15) is 5.82 Å². The Kier molecular flexibility index (Phi) is 3.33. The largest absolute Gasteiger partial charge is 0.501 e. The van der Waals surface area contributed by atoms with Gasteiger partial charge in [-0.2, -0.15) is 0 Å². The number of Topliss-reactive ketones (excluding diaryl/α,β-unsaturated/α-hetero) is 1. The number of ketones is 1. The Hall–Kier alpha value is -2.43. The molecule has 0 atom stereocenters. The Morgan fingerprint density at radius 3 is 2.57 bits per heavy atom. The fourth-order valence-electron chi connectivity index (χ4n) is 2.63. The van der Waals surface area contributed by atoms with Crippen molar-refractivity contribution < 1.29 is 18.7 Å². The quantitative estimate of drug-likeness (QED) is 0.801. The Balaban J connectivity index is 1.90. The van der Waals surface area contributed by atoms with E-state index < -0.39 is 11.7 Å². The van der Waals surface area contributed by atoms with Crippen LogP contribution in [0.25, 0.3) is 0 Å². The first-order valence-corrected chi connectivity index (χ1v) is 6.68. The molecule has 1 aliphatic heterocycles. The van der Waals surface area contributed by atoms with Crippen molar-refractivity contribution in [1.82, 2.24) is 4.90 Å². The van der Waals surface area contributed by atoms with E-state index in [4.69, 9.17) is 4.74 Å². The summed E-state index contributed by atoms with van der Waals surface area (Å²) in [4.78, 5) is 25.7. The Morgan fingerprint density at radius 2 is 1.90 bits per heavy atom. The highest BCUT2D eigenvalue weighted by Crippen LogP contribution is 2.33. The van der Waals surface area contributed by atoms with E-state index in [0.717, 1.165) is 11.3 Å². The van der Waals surface area contributed by atoms with Gasteiger partial charge in [-0.25, -0.2) is 4.39 Å². The maximum atomic E-state index is 12.9. The second-order valence-electron chi connectivity index (χ2n) is 5.02. The summed E-state index contributed by atoms with van der Waals surface area (Å²) in [5, 5.41) is 0. The molecule has 0 saturated carbocycles. The van der Waals surface area contributed by atoms with E-state index >= 15 is 0 Å². The summed E-state index contributed by atoms with van der Waals surface area (Å²) in [6.07, 6.45) is 2.90. The predicted octanol–water partition coefficient (Wildman–Crippen LogP) is 2.32. The molecule has 3 rings (SSSR count). The van der Waals surface area contributed by atoms with Crippen LogP contribution in [-0.4, -0.2) is 23.7 Å². The van der Waals surface area contributed by atoms with Gasteiger partial charge in [0.15, 0.2) is 0 Å². The van der Waals surface area contributed by atoms with Crippen LogP contribution in [0.1, 0.15) is 18.4 Å². The van der Waals surface area contributed by atoms with Gasteiger partial charge in [0.2, 0.25) is 0 Å². The first-order valence-electron chi connectivity index (χ1n) is 6.68. The monoisotopic (exact) mass is 287 g/mol. The maximum Gasteiger partial charge on any atom is 0.299 e. The van der Waals surface area contributed by atoms with Gasteiger partial charge in [-0.1, -0.05) is 12.1 Å². The highest BCUT2D eigenvalue weighted by atomic mass is 19.1. The summed E-state index contributed by atoms with van der Waals surface area (Å²) in [5.41, 5.74) is 1.94. The van der Waals surface area contributed by atoms with Crippen molar-refractivity contribution in [2.24, 2.45) is 0 Å². The lowest BCUT2D eigenvalue weighted by molar-refractivity contribution is -0.139. The van der Waals surface area contributed by atoms with Crippen molar-refractivity contribution in [2.45, 2.75) is 19.4 Å². The van der Waals surface area contributed by atoms with Gasteiger partial charge in [-0.3, -0.25) is 9.59 Å². The van der Waals surface area contributed by atoms with Crippen LogP contribution in [0.3, 0.4) is 0 Å². The molecule has 0 aromatic heterocycles. The molecule has 1 aromatic carbocycles. The molecular weight excluding hydrogens is 273 g/mol. The predicted molar refractivity (Wildman–Crippen MR) is 73.3 cm³/mol. The smallest absolute Gasteiger partial charge is 0.299 e. The number of ether oxygens (including phenoxy) is 1. The summed E-state index contributed by atoms with van der Waals surface area (Å²) in [6.45, 7) is 0.278. The average molecular weight is 287 g/mol. The van der Waals surface area contributed by atoms with Crippen LogP contribution in [0.2, 0.25) is 0 Å². The number of carbonyl (C=O) groups is 2. The van der Waals surface area contributed by atoms with Crippen LogP contribution >= 0.6 is 0 Å². The standard InChI is InChI=1S/C16H14FNO3/c1-21-12-6-7-14-13(8-12)15(19)16(20)18(14)9-10-2-4-11(17)5-3-10/h2-5,8H,6-7,9H2,1H3. The van der Waals surface area contributed by atoms with E-state index in [1.54, 1.807) is 25.3 Å². The number of hydrogen-bond donors (Lipinski definition) is 0. The molecule has 5 heteroatoms. The normalized spacial score (nSPS) is 18.0. The zero-order valence-corrected chi connectivity index (χ0v) is 11.6. The third-order valence-corrected chi connectivity index (χ3v) is 3.75. The van der Waals surface area contributed by atoms with Crippen molar-refractivity contribution in [3.63, 3.8) is 0 Å². The minimum atomic E-state index is -0.530. The minimum absolute atomic E-state index is 0.278. The molecule has 1 heterocycles. The van der Waals surface area contributed by atoms with Crippen molar-refractivity contribution in [1.29, 1.82) is 0 Å². The molecule has 1 aromatic rings.